The van der Waals surface area contributed by atoms with Crippen molar-refractivity contribution in [3.8, 4) is 5.75 Å². The van der Waals surface area contributed by atoms with E-state index < -0.39 is 44.0 Å². The highest BCUT2D eigenvalue weighted by Gasteiger charge is 2.37. The highest BCUT2D eigenvalue weighted by atomic mass is 32.2. The fraction of sp³-hybridized carbons (Fsp3) is 0.312. The van der Waals surface area contributed by atoms with Crippen LogP contribution in [0, 0.1) is 0 Å². The zero-order valence-electron chi connectivity index (χ0n) is 14.4. The maximum atomic E-state index is 13.0. The number of fused-ring (bicyclic) bond motifs is 1. The Labute approximate surface area is 165 Å². The lowest BCUT2D eigenvalue weighted by molar-refractivity contribution is -0.138. The molecule has 0 amide bonds. The summed E-state index contributed by atoms with van der Waals surface area (Å²) in [6, 6.07) is 4.02. The minimum absolute atomic E-state index is 0.114. The lowest BCUT2D eigenvalue weighted by Gasteiger charge is -2.17. The molecule has 1 aliphatic heterocycles. The predicted molar refractivity (Wildman–Crippen MR) is 92.3 cm³/mol. The summed E-state index contributed by atoms with van der Waals surface area (Å²) in [5.41, 5.74) is -5.94. The third-order valence-corrected chi connectivity index (χ3v) is 6.37. The number of rotatable bonds is 4. The smallest absolute Gasteiger partial charge is 0.446 e. The summed E-state index contributed by atoms with van der Waals surface area (Å²) in [6.07, 6.45) is -5.61. The van der Waals surface area contributed by atoms with E-state index in [0.717, 1.165) is 12.1 Å². The van der Waals surface area contributed by atoms with Gasteiger partial charge in [0.15, 0.2) is 9.84 Å². The van der Waals surface area contributed by atoms with E-state index in [1.165, 1.54) is 13.0 Å². The predicted octanol–water partition coefficient (Wildman–Crippen LogP) is 5.01. The monoisotopic (exact) mass is 458 g/mol. The van der Waals surface area contributed by atoms with Gasteiger partial charge in [-0.2, -0.15) is 26.3 Å². The van der Waals surface area contributed by atoms with Crippen molar-refractivity contribution in [2.45, 2.75) is 34.6 Å². The first-order chi connectivity index (χ1) is 13.3. The zero-order valence-corrected chi connectivity index (χ0v) is 16.1. The fourth-order valence-corrected chi connectivity index (χ4v) is 4.23. The Morgan fingerprint density at radius 1 is 1.17 bits per heavy atom. The SMILES string of the molecule is CCS(=O)(=O)c1cc(C(F)(F)F)cnc1C1Nc2cc(SC(F)(F)F)ccc2O1. The number of alkyl halides is 6. The van der Waals surface area contributed by atoms with E-state index in [0.29, 0.717) is 12.3 Å². The van der Waals surface area contributed by atoms with Gasteiger partial charge in [-0.25, -0.2) is 8.42 Å². The molecule has 1 unspecified atom stereocenters. The summed E-state index contributed by atoms with van der Waals surface area (Å²) in [7, 11) is -4.10. The van der Waals surface area contributed by atoms with Gasteiger partial charge in [-0.05, 0) is 36.0 Å². The summed E-state index contributed by atoms with van der Waals surface area (Å²) < 4.78 is 107. The van der Waals surface area contributed by atoms with E-state index in [2.05, 4.69) is 10.3 Å². The molecule has 2 heterocycles. The minimum atomic E-state index is -4.81. The standard InChI is InChI=1S/C16H12F6N2O3S2/c1-2-29(25,26)12-5-8(15(17,18)19)7-23-13(12)14-24-10-6-9(28-16(20,21)22)3-4-11(10)27-14/h3-7,14,24H,2H2,1H3. The van der Waals surface area contributed by atoms with Crippen LogP contribution in [0.25, 0.3) is 0 Å². The number of ether oxygens (including phenoxy) is 1. The second-order valence-corrected chi connectivity index (χ2v) is 9.24. The third-order valence-electron chi connectivity index (χ3n) is 3.89. The van der Waals surface area contributed by atoms with Gasteiger partial charge >= 0.3 is 11.7 Å². The van der Waals surface area contributed by atoms with Crippen LogP contribution in [0.15, 0.2) is 40.3 Å². The van der Waals surface area contributed by atoms with Crippen LogP contribution in [-0.2, 0) is 16.0 Å². The molecule has 1 N–H and O–H groups in total. The molecule has 0 saturated heterocycles. The second-order valence-electron chi connectivity index (χ2n) is 5.86. The Morgan fingerprint density at radius 3 is 2.45 bits per heavy atom. The largest absolute Gasteiger partial charge is 0.463 e. The molecule has 1 aromatic carbocycles. The van der Waals surface area contributed by atoms with Crippen LogP contribution in [0.3, 0.4) is 0 Å². The number of hydrogen-bond donors (Lipinski definition) is 1. The van der Waals surface area contributed by atoms with Crippen molar-refractivity contribution in [3.63, 3.8) is 0 Å². The summed E-state index contributed by atoms with van der Waals surface area (Å²) in [6.45, 7) is 1.26. The summed E-state index contributed by atoms with van der Waals surface area (Å²) in [4.78, 5) is 2.83. The molecule has 13 heteroatoms. The molecule has 158 valence electrons. The Hall–Kier alpha value is -2.15. The van der Waals surface area contributed by atoms with Gasteiger partial charge in [0.2, 0.25) is 6.23 Å². The molecule has 0 aliphatic carbocycles. The highest BCUT2D eigenvalue weighted by Crippen LogP contribution is 2.44. The van der Waals surface area contributed by atoms with Crippen LogP contribution >= 0.6 is 11.8 Å². The summed E-state index contributed by atoms with van der Waals surface area (Å²) in [5, 5.41) is 2.66. The number of nitrogens with zero attached hydrogens (tertiary/aromatic N) is 1. The van der Waals surface area contributed by atoms with Crippen molar-refractivity contribution in [1.82, 2.24) is 4.98 Å². The van der Waals surface area contributed by atoms with Crippen LogP contribution in [0.2, 0.25) is 0 Å². The van der Waals surface area contributed by atoms with Crippen molar-refractivity contribution in [3.05, 3.63) is 41.7 Å². The first-order valence-corrected chi connectivity index (χ1v) is 10.4. The average Bonchev–Trinajstić information content (AvgIpc) is 3.02. The van der Waals surface area contributed by atoms with E-state index in [-0.39, 0.29) is 33.8 Å². The van der Waals surface area contributed by atoms with Crippen LogP contribution in [0.1, 0.15) is 24.4 Å². The van der Waals surface area contributed by atoms with E-state index >= 15 is 0 Å². The van der Waals surface area contributed by atoms with Crippen LogP contribution < -0.4 is 10.1 Å². The van der Waals surface area contributed by atoms with Crippen LogP contribution in [0.5, 0.6) is 5.75 Å². The van der Waals surface area contributed by atoms with Gasteiger partial charge in [0.25, 0.3) is 0 Å². The first-order valence-electron chi connectivity index (χ1n) is 7.93. The molecule has 1 aliphatic rings. The number of sulfone groups is 1. The Balaban J connectivity index is 1.98. The number of benzene rings is 1. The summed E-state index contributed by atoms with van der Waals surface area (Å²) in [5.74, 6) is -0.363. The molecule has 5 nitrogen and oxygen atoms in total. The van der Waals surface area contributed by atoms with Crippen molar-refractivity contribution >= 4 is 27.3 Å². The quantitative estimate of drug-likeness (QED) is 0.513. The maximum absolute atomic E-state index is 13.0. The molecule has 3 rings (SSSR count). The van der Waals surface area contributed by atoms with E-state index in [1.54, 1.807) is 0 Å². The number of thioether (sulfide) groups is 1. The molecule has 0 spiro atoms. The number of anilines is 1. The lowest BCUT2D eigenvalue weighted by Crippen LogP contribution is -2.20. The van der Waals surface area contributed by atoms with E-state index in [1.807, 2.05) is 0 Å². The fourth-order valence-electron chi connectivity index (χ4n) is 2.56. The molecular formula is C16H12F6N2O3S2. The van der Waals surface area contributed by atoms with Crippen LogP contribution in [0.4, 0.5) is 32.0 Å². The Morgan fingerprint density at radius 2 is 1.86 bits per heavy atom. The third kappa shape index (κ3) is 4.71. The van der Waals surface area contributed by atoms with Gasteiger partial charge in [0, 0.05) is 11.1 Å². The topological polar surface area (TPSA) is 68.3 Å². The maximum Gasteiger partial charge on any atom is 0.446 e. The normalized spacial score (nSPS) is 16.9. The van der Waals surface area contributed by atoms with E-state index in [9.17, 15) is 34.8 Å². The van der Waals surface area contributed by atoms with E-state index in [4.69, 9.17) is 4.74 Å². The highest BCUT2D eigenvalue weighted by molar-refractivity contribution is 8.00. The van der Waals surface area contributed by atoms with Gasteiger partial charge in [-0.3, -0.25) is 4.98 Å². The Kier molecular flexibility index (Phi) is 5.41. The molecule has 0 radical (unpaired) electrons. The lowest BCUT2D eigenvalue weighted by atomic mass is 10.2. The molecule has 1 atom stereocenters. The van der Waals surface area contributed by atoms with Crippen molar-refractivity contribution in [2.24, 2.45) is 0 Å². The molecule has 0 bridgehead atoms. The number of nitrogens with one attached hydrogen (secondary N) is 1. The van der Waals surface area contributed by atoms with Crippen LogP contribution in [-0.4, -0.2) is 24.7 Å². The zero-order chi connectivity index (χ0) is 21.6. The average molecular weight is 458 g/mol. The Bertz CT molecular complexity index is 1040. The van der Waals surface area contributed by atoms with Gasteiger partial charge in [-0.1, -0.05) is 6.92 Å². The van der Waals surface area contributed by atoms with Gasteiger partial charge in [0.05, 0.1) is 21.9 Å². The molecule has 1 aromatic heterocycles. The molecule has 0 fully saturated rings. The molecular weight excluding hydrogens is 446 g/mol. The summed E-state index contributed by atoms with van der Waals surface area (Å²) >= 11 is -0.353. The molecule has 29 heavy (non-hydrogen) atoms. The van der Waals surface area contributed by atoms with Gasteiger partial charge in [0.1, 0.15) is 11.4 Å². The first kappa shape index (κ1) is 21.6. The number of aromatic nitrogens is 1. The molecule has 2 aromatic rings. The minimum Gasteiger partial charge on any atom is -0.463 e. The van der Waals surface area contributed by atoms with Crippen molar-refractivity contribution in [1.29, 1.82) is 0 Å². The van der Waals surface area contributed by atoms with Gasteiger partial charge < -0.3 is 10.1 Å². The van der Waals surface area contributed by atoms with Crippen molar-refractivity contribution < 1.29 is 39.5 Å². The number of pyridine rings is 1. The number of halogens is 6. The second kappa shape index (κ2) is 7.27. The molecule has 0 saturated carbocycles. The van der Waals surface area contributed by atoms with Crippen molar-refractivity contribution in [2.75, 3.05) is 11.1 Å². The number of hydrogen-bond acceptors (Lipinski definition) is 6. The van der Waals surface area contributed by atoms with Gasteiger partial charge in [-0.15, -0.1) is 0 Å².